The number of nitrogens with zero attached hydrogens (tertiary/aromatic N) is 1. The molecule has 4 fully saturated rings. The average Bonchev–Trinajstić information content (AvgIpc) is 3.26. The second-order valence-electron chi connectivity index (χ2n) is 9.21. The largest absolute Gasteiger partial charge is 0.573 e. The molecule has 2 heterocycles. The Morgan fingerprint density at radius 1 is 1.30 bits per heavy atom. The Bertz CT molecular complexity index is 912. The zero-order valence-corrected chi connectivity index (χ0v) is 16.6. The molecule has 2 saturated carbocycles. The van der Waals surface area contributed by atoms with Gasteiger partial charge in [0.1, 0.15) is 12.4 Å². The van der Waals surface area contributed by atoms with E-state index >= 15 is 0 Å². The third-order valence-electron chi connectivity index (χ3n) is 7.27. The predicted octanol–water partition coefficient (Wildman–Crippen LogP) is 3.27. The molecule has 162 valence electrons. The molecule has 2 amide bonds. The molecule has 2 unspecified atom stereocenters. The van der Waals surface area contributed by atoms with E-state index in [2.05, 4.69) is 10.1 Å². The number of ether oxygens (including phenoxy) is 2. The van der Waals surface area contributed by atoms with Crippen molar-refractivity contribution in [1.82, 2.24) is 10.2 Å². The van der Waals surface area contributed by atoms with Gasteiger partial charge in [-0.2, -0.15) is 0 Å². The Morgan fingerprint density at radius 2 is 2.07 bits per heavy atom. The van der Waals surface area contributed by atoms with Crippen LogP contribution >= 0.6 is 0 Å². The van der Waals surface area contributed by atoms with E-state index < -0.39 is 12.5 Å². The Labute approximate surface area is 171 Å². The standard InChI is InChI=1S/C21H23F3N2O4/c1-12-2-3-14(6-16(12)30-21(22,23)24)20-4-5-26(10-15(20)9-20)17(27)13-7-19(8-13)11-29-18(28)25-19/h2-3,6,13,15H,4-5,7-11H2,1H3,(H,25,28)/t13-,15?,19+,20?. The fraction of sp³-hybridized carbons (Fsp3) is 0.619. The number of piperidine rings is 1. The number of fused-ring (bicyclic) bond motifs is 1. The molecule has 5 rings (SSSR count). The van der Waals surface area contributed by atoms with E-state index in [9.17, 15) is 22.8 Å². The van der Waals surface area contributed by atoms with Crippen LogP contribution in [0.3, 0.4) is 0 Å². The smallest absolute Gasteiger partial charge is 0.447 e. The minimum absolute atomic E-state index is 0.104. The first-order chi connectivity index (χ1) is 14.1. The summed E-state index contributed by atoms with van der Waals surface area (Å²) in [6.45, 7) is 3.12. The zero-order valence-electron chi connectivity index (χ0n) is 16.6. The van der Waals surface area contributed by atoms with Crippen LogP contribution in [0, 0.1) is 18.8 Å². The lowest BCUT2D eigenvalue weighted by molar-refractivity contribution is -0.274. The number of rotatable bonds is 3. The van der Waals surface area contributed by atoms with Crippen LogP contribution in [-0.2, 0) is 14.9 Å². The highest BCUT2D eigenvalue weighted by Crippen LogP contribution is 2.60. The summed E-state index contributed by atoms with van der Waals surface area (Å²) < 4.78 is 47.2. The highest BCUT2D eigenvalue weighted by Gasteiger charge is 2.60. The number of hydrogen-bond acceptors (Lipinski definition) is 4. The van der Waals surface area contributed by atoms with Crippen molar-refractivity contribution in [2.75, 3.05) is 19.7 Å². The number of halogens is 3. The van der Waals surface area contributed by atoms with Crippen LogP contribution in [-0.4, -0.2) is 48.5 Å². The average molecular weight is 424 g/mol. The van der Waals surface area contributed by atoms with Crippen molar-refractivity contribution in [2.45, 2.75) is 49.9 Å². The maximum atomic E-state index is 12.9. The molecular formula is C21H23F3N2O4. The molecule has 4 aliphatic rings. The van der Waals surface area contributed by atoms with Crippen molar-refractivity contribution >= 4 is 12.0 Å². The summed E-state index contributed by atoms with van der Waals surface area (Å²) >= 11 is 0. The number of nitrogens with one attached hydrogen (secondary N) is 1. The van der Waals surface area contributed by atoms with Gasteiger partial charge in [0.15, 0.2) is 0 Å². The molecule has 0 bridgehead atoms. The van der Waals surface area contributed by atoms with Gasteiger partial charge in [0.2, 0.25) is 5.91 Å². The number of amides is 2. The maximum Gasteiger partial charge on any atom is 0.573 e. The third-order valence-corrected chi connectivity index (χ3v) is 7.27. The van der Waals surface area contributed by atoms with Gasteiger partial charge in [-0.3, -0.25) is 4.79 Å². The fourth-order valence-electron chi connectivity index (χ4n) is 5.49. The Morgan fingerprint density at radius 3 is 2.70 bits per heavy atom. The van der Waals surface area contributed by atoms with Crippen LogP contribution in [0.5, 0.6) is 5.75 Å². The number of carbonyl (C=O) groups is 2. The number of hydrogen-bond donors (Lipinski definition) is 1. The van der Waals surface area contributed by atoms with Gasteiger partial charge in [0.25, 0.3) is 0 Å². The topological polar surface area (TPSA) is 67.9 Å². The molecule has 2 aliphatic carbocycles. The SMILES string of the molecule is Cc1ccc(C23CCN(C(=O)[C@H]4C[C@]5(COC(=O)N5)C4)CC2C3)cc1OC(F)(F)F. The number of benzene rings is 1. The molecule has 0 aromatic heterocycles. The maximum absolute atomic E-state index is 12.9. The molecule has 6 nitrogen and oxygen atoms in total. The van der Waals surface area contributed by atoms with Gasteiger partial charge in [0.05, 0.1) is 5.54 Å². The van der Waals surface area contributed by atoms with E-state index in [1.165, 1.54) is 6.07 Å². The van der Waals surface area contributed by atoms with Crippen molar-refractivity contribution in [3.63, 3.8) is 0 Å². The molecule has 2 atom stereocenters. The molecule has 2 saturated heterocycles. The molecule has 1 N–H and O–H groups in total. The molecule has 2 aliphatic heterocycles. The lowest BCUT2D eigenvalue weighted by Crippen LogP contribution is -2.58. The van der Waals surface area contributed by atoms with Gasteiger partial charge in [-0.15, -0.1) is 13.2 Å². The highest BCUT2D eigenvalue weighted by atomic mass is 19.4. The van der Waals surface area contributed by atoms with Crippen LogP contribution in [0.25, 0.3) is 0 Å². The number of cyclic esters (lactones) is 1. The first kappa shape index (κ1) is 19.5. The third kappa shape index (κ3) is 3.18. The normalized spacial score (nSPS) is 34.7. The summed E-state index contributed by atoms with van der Waals surface area (Å²) in [5.41, 5.74) is 0.757. The molecule has 1 spiro atoms. The summed E-state index contributed by atoms with van der Waals surface area (Å²) in [6, 6.07) is 5.07. The summed E-state index contributed by atoms with van der Waals surface area (Å²) in [5.74, 6) is 0.0935. The van der Waals surface area contributed by atoms with Gasteiger partial charge in [-0.25, -0.2) is 4.79 Å². The second-order valence-corrected chi connectivity index (χ2v) is 9.21. The van der Waals surface area contributed by atoms with Gasteiger partial charge >= 0.3 is 12.5 Å². The first-order valence-corrected chi connectivity index (χ1v) is 10.2. The highest BCUT2D eigenvalue weighted by molar-refractivity contribution is 5.82. The Kier molecular flexibility index (Phi) is 4.08. The predicted molar refractivity (Wildman–Crippen MR) is 98.8 cm³/mol. The van der Waals surface area contributed by atoms with Crippen molar-refractivity contribution < 1.29 is 32.2 Å². The lowest BCUT2D eigenvalue weighted by Gasteiger charge is -2.44. The summed E-state index contributed by atoms with van der Waals surface area (Å²) in [5, 5.41) is 2.80. The van der Waals surface area contributed by atoms with Crippen LogP contribution in [0.1, 0.15) is 36.8 Å². The number of likely N-dealkylation sites (tertiary alicyclic amines) is 1. The quantitative estimate of drug-likeness (QED) is 0.809. The molecule has 1 aromatic carbocycles. The summed E-state index contributed by atoms with van der Waals surface area (Å²) in [6.07, 6.45) is -2.35. The van der Waals surface area contributed by atoms with E-state index in [0.29, 0.717) is 38.1 Å². The lowest BCUT2D eigenvalue weighted by atomic mass is 9.68. The van der Waals surface area contributed by atoms with Gasteiger partial charge < -0.3 is 19.7 Å². The van der Waals surface area contributed by atoms with Crippen molar-refractivity contribution in [3.8, 4) is 5.75 Å². The van der Waals surface area contributed by atoms with E-state index in [0.717, 1.165) is 18.4 Å². The number of aryl methyl sites for hydroxylation is 1. The summed E-state index contributed by atoms with van der Waals surface area (Å²) in [4.78, 5) is 26.0. The zero-order chi connectivity index (χ0) is 21.3. The Hall–Kier alpha value is -2.45. The molecular weight excluding hydrogens is 401 g/mol. The summed E-state index contributed by atoms with van der Waals surface area (Å²) in [7, 11) is 0. The van der Waals surface area contributed by atoms with Crippen LogP contribution < -0.4 is 10.1 Å². The van der Waals surface area contributed by atoms with E-state index in [1.54, 1.807) is 13.0 Å². The molecule has 9 heteroatoms. The van der Waals surface area contributed by atoms with E-state index in [-0.39, 0.29) is 34.4 Å². The number of carbonyl (C=O) groups excluding carboxylic acids is 2. The Balaban J connectivity index is 1.23. The second kappa shape index (κ2) is 6.28. The molecule has 30 heavy (non-hydrogen) atoms. The minimum Gasteiger partial charge on any atom is -0.447 e. The van der Waals surface area contributed by atoms with Crippen LogP contribution in [0.4, 0.5) is 18.0 Å². The van der Waals surface area contributed by atoms with Gasteiger partial charge in [-0.05, 0) is 55.7 Å². The molecule has 0 radical (unpaired) electrons. The van der Waals surface area contributed by atoms with Crippen LogP contribution in [0.2, 0.25) is 0 Å². The number of alkyl carbamates (subject to hydrolysis) is 1. The van der Waals surface area contributed by atoms with Crippen molar-refractivity contribution in [1.29, 1.82) is 0 Å². The first-order valence-electron chi connectivity index (χ1n) is 10.2. The van der Waals surface area contributed by atoms with E-state index in [4.69, 9.17) is 4.74 Å². The van der Waals surface area contributed by atoms with Crippen LogP contribution in [0.15, 0.2) is 18.2 Å². The van der Waals surface area contributed by atoms with Crippen molar-refractivity contribution in [3.05, 3.63) is 29.3 Å². The minimum atomic E-state index is -4.72. The van der Waals surface area contributed by atoms with E-state index in [1.807, 2.05) is 11.0 Å². The fourth-order valence-corrected chi connectivity index (χ4v) is 5.49. The van der Waals surface area contributed by atoms with Crippen molar-refractivity contribution in [2.24, 2.45) is 11.8 Å². The number of alkyl halides is 3. The molecule has 1 aromatic rings. The van der Waals surface area contributed by atoms with Gasteiger partial charge in [-0.1, -0.05) is 12.1 Å². The monoisotopic (exact) mass is 424 g/mol. The van der Waals surface area contributed by atoms with Gasteiger partial charge in [0, 0.05) is 24.4 Å².